The SMILES string of the molecule is C.C=Cc1ccc2ccccc2c1C=C.CC. The third kappa shape index (κ3) is 3.07. The summed E-state index contributed by atoms with van der Waals surface area (Å²) >= 11 is 0. The van der Waals surface area contributed by atoms with Crippen LogP contribution in [-0.4, -0.2) is 0 Å². The van der Waals surface area contributed by atoms with Gasteiger partial charge in [0, 0.05) is 0 Å². The molecule has 0 amide bonds. The maximum Gasteiger partial charge on any atom is -0.0106 e. The third-order valence-electron chi connectivity index (χ3n) is 2.43. The molecule has 2 aromatic carbocycles. The summed E-state index contributed by atoms with van der Waals surface area (Å²) in [6.07, 6.45) is 3.75. The smallest absolute Gasteiger partial charge is 0.0106 e. The van der Waals surface area contributed by atoms with Crippen LogP contribution in [0.5, 0.6) is 0 Å². The van der Waals surface area contributed by atoms with Gasteiger partial charge in [-0.05, 0) is 21.9 Å². The highest BCUT2D eigenvalue weighted by Crippen LogP contribution is 2.23. The lowest BCUT2D eigenvalue weighted by molar-refractivity contribution is 1.50. The molecule has 0 aliphatic rings. The highest BCUT2D eigenvalue weighted by molar-refractivity contribution is 5.93. The minimum Gasteiger partial charge on any atom is -0.0984 e. The number of fused-ring (bicyclic) bond motifs is 1. The van der Waals surface area contributed by atoms with E-state index in [0.717, 1.165) is 11.1 Å². The van der Waals surface area contributed by atoms with E-state index in [2.05, 4.69) is 37.4 Å². The summed E-state index contributed by atoms with van der Waals surface area (Å²) in [6, 6.07) is 12.5. The molecule has 0 N–H and O–H groups in total. The lowest BCUT2D eigenvalue weighted by Crippen LogP contribution is -1.82. The van der Waals surface area contributed by atoms with Gasteiger partial charge in [-0.15, -0.1) is 0 Å². The van der Waals surface area contributed by atoms with Crippen LogP contribution in [0.4, 0.5) is 0 Å². The first-order chi connectivity index (χ1) is 7.86. The summed E-state index contributed by atoms with van der Waals surface area (Å²) in [7, 11) is 0. The topological polar surface area (TPSA) is 0 Å². The van der Waals surface area contributed by atoms with Crippen molar-refractivity contribution in [2.45, 2.75) is 21.3 Å². The second-order valence-electron chi connectivity index (χ2n) is 3.20. The number of rotatable bonds is 2. The molecule has 0 spiro atoms. The molecule has 0 heterocycles. The van der Waals surface area contributed by atoms with Gasteiger partial charge in [0.2, 0.25) is 0 Å². The third-order valence-corrected chi connectivity index (χ3v) is 2.43. The van der Waals surface area contributed by atoms with Crippen LogP contribution in [0.1, 0.15) is 32.4 Å². The van der Waals surface area contributed by atoms with Gasteiger partial charge in [-0.2, -0.15) is 0 Å². The van der Waals surface area contributed by atoms with Crippen LogP contribution in [0, 0.1) is 0 Å². The first-order valence-electron chi connectivity index (χ1n) is 5.63. The van der Waals surface area contributed by atoms with Gasteiger partial charge in [-0.1, -0.05) is 83.0 Å². The predicted octanol–water partition coefficient (Wildman–Crippen LogP) is 5.79. The van der Waals surface area contributed by atoms with E-state index in [9.17, 15) is 0 Å². The Morgan fingerprint density at radius 2 is 1.53 bits per heavy atom. The largest absolute Gasteiger partial charge is 0.0984 e. The molecule has 0 unspecified atom stereocenters. The van der Waals surface area contributed by atoms with Gasteiger partial charge in [-0.3, -0.25) is 0 Å². The van der Waals surface area contributed by atoms with Gasteiger partial charge in [-0.25, -0.2) is 0 Å². The van der Waals surface area contributed by atoms with E-state index in [1.54, 1.807) is 0 Å². The quantitative estimate of drug-likeness (QED) is 0.608. The van der Waals surface area contributed by atoms with E-state index in [4.69, 9.17) is 0 Å². The van der Waals surface area contributed by atoms with Crippen LogP contribution in [0.3, 0.4) is 0 Å². The van der Waals surface area contributed by atoms with Crippen LogP contribution in [0.15, 0.2) is 49.6 Å². The second-order valence-corrected chi connectivity index (χ2v) is 3.20. The van der Waals surface area contributed by atoms with Crippen LogP contribution in [-0.2, 0) is 0 Å². The van der Waals surface area contributed by atoms with E-state index in [0.29, 0.717) is 0 Å². The summed E-state index contributed by atoms with van der Waals surface area (Å²) in [5.74, 6) is 0. The molecule has 0 atom stereocenters. The molecule has 17 heavy (non-hydrogen) atoms. The number of benzene rings is 2. The molecule has 2 rings (SSSR count). The first kappa shape index (κ1) is 15.2. The molecule has 2 aromatic rings. The molecular formula is C17H22. The molecule has 0 saturated carbocycles. The molecule has 0 bridgehead atoms. The van der Waals surface area contributed by atoms with Gasteiger partial charge < -0.3 is 0 Å². The minimum absolute atomic E-state index is 0. The van der Waals surface area contributed by atoms with Crippen molar-refractivity contribution in [2.75, 3.05) is 0 Å². The molecule has 0 heteroatoms. The zero-order chi connectivity index (χ0) is 12.0. The Morgan fingerprint density at radius 1 is 0.882 bits per heavy atom. The monoisotopic (exact) mass is 226 g/mol. The zero-order valence-corrected chi connectivity index (χ0v) is 10.0. The summed E-state index contributed by atoms with van der Waals surface area (Å²) in [4.78, 5) is 0. The maximum absolute atomic E-state index is 3.84. The summed E-state index contributed by atoms with van der Waals surface area (Å²) in [6.45, 7) is 11.6. The lowest BCUT2D eigenvalue weighted by atomic mass is 9.99. The van der Waals surface area contributed by atoms with Crippen molar-refractivity contribution in [3.63, 3.8) is 0 Å². The molecule has 0 aromatic heterocycles. The van der Waals surface area contributed by atoms with Crippen molar-refractivity contribution in [1.82, 2.24) is 0 Å². The summed E-state index contributed by atoms with van der Waals surface area (Å²) in [5.41, 5.74) is 2.30. The Balaban J connectivity index is 0.000000811. The number of hydrogen-bond acceptors (Lipinski definition) is 0. The number of hydrogen-bond donors (Lipinski definition) is 0. The minimum atomic E-state index is 0. The fourth-order valence-corrected chi connectivity index (χ4v) is 1.72. The fourth-order valence-electron chi connectivity index (χ4n) is 1.72. The first-order valence-corrected chi connectivity index (χ1v) is 5.63. The van der Waals surface area contributed by atoms with Crippen molar-refractivity contribution in [1.29, 1.82) is 0 Å². The molecule has 0 aliphatic carbocycles. The van der Waals surface area contributed by atoms with Gasteiger partial charge in [0.05, 0.1) is 0 Å². The molecule has 0 aliphatic heterocycles. The maximum atomic E-state index is 3.84. The van der Waals surface area contributed by atoms with Crippen molar-refractivity contribution in [2.24, 2.45) is 0 Å². The van der Waals surface area contributed by atoms with E-state index < -0.39 is 0 Å². The van der Waals surface area contributed by atoms with E-state index >= 15 is 0 Å². The molecule has 90 valence electrons. The van der Waals surface area contributed by atoms with Crippen LogP contribution < -0.4 is 0 Å². The average Bonchev–Trinajstić information content (AvgIpc) is 2.39. The van der Waals surface area contributed by atoms with Gasteiger partial charge >= 0.3 is 0 Å². The normalized spacial score (nSPS) is 8.59. The highest BCUT2D eigenvalue weighted by atomic mass is 14.0. The highest BCUT2D eigenvalue weighted by Gasteiger charge is 2.00. The zero-order valence-electron chi connectivity index (χ0n) is 10.0. The fraction of sp³-hybridized carbons (Fsp3) is 0.176. The molecule has 0 radical (unpaired) electrons. The molecule has 0 nitrogen and oxygen atoms in total. The Kier molecular flexibility index (Phi) is 6.65. The average molecular weight is 226 g/mol. The van der Waals surface area contributed by atoms with Crippen LogP contribution in [0.2, 0.25) is 0 Å². The van der Waals surface area contributed by atoms with E-state index in [1.807, 2.05) is 38.1 Å². The summed E-state index contributed by atoms with van der Waals surface area (Å²) in [5, 5.41) is 2.48. The van der Waals surface area contributed by atoms with Crippen molar-refractivity contribution in [3.05, 3.63) is 60.7 Å². The molecule has 0 saturated heterocycles. The Morgan fingerprint density at radius 3 is 2.12 bits per heavy atom. The van der Waals surface area contributed by atoms with Gasteiger partial charge in [0.15, 0.2) is 0 Å². The molecule has 0 fully saturated rings. The van der Waals surface area contributed by atoms with Crippen molar-refractivity contribution in [3.8, 4) is 0 Å². The van der Waals surface area contributed by atoms with Gasteiger partial charge in [0.25, 0.3) is 0 Å². The van der Waals surface area contributed by atoms with E-state index in [1.165, 1.54) is 10.8 Å². The predicted molar refractivity (Wildman–Crippen MR) is 82.2 cm³/mol. The van der Waals surface area contributed by atoms with Crippen molar-refractivity contribution < 1.29 is 0 Å². The Hall–Kier alpha value is -1.82. The van der Waals surface area contributed by atoms with E-state index in [-0.39, 0.29) is 7.43 Å². The summed E-state index contributed by atoms with van der Waals surface area (Å²) < 4.78 is 0. The Bertz CT molecular complexity index is 492. The Labute approximate surface area is 105 Å². The standard InChI is InChI=1S/C14H12.C2H6.CH4/c1-3-11-9-10-12-7-5-6-8-14(12)13(11)4-2;1-2;/h3-10H,1-2H2;1-2H3;1H4. The second kappa shape index (κ2) is 7.45. The van der Waals surface area contributed by atoms with Crippen LogP contribution in [0.25, 0.3) is 22.9 Å². The molecular weight excluding hydrogens is 204 g/mol. The van der Waals surface area contributed by atoms with Crippen molar-refractivity contribution >= 4 is 22.9 Å². The lowest BCUT2D eigenvalue weighted by Gasteiger charge is -2.05. The van der Waals surface area contributed by atoms with Gasteiger partial charge in [0.1, 0.15) is 0 Å². The van der Waals surface area contributed by atoms with Crippen LogP contribution >= 0.6 is 0 Å².